The van der Waals surface area contributed by atoms with E-state index in [9.17, 15) is 4.79 Å². The first kappa shape index (κ1) is 18.1. The van der Waals surface area contributed by atoms with Gasteiger partial charge in [0.25, 0.3) is 5.89 Å². The smallest absolute Gasteiger partial charge is 0.331 e. The molecule has 6 heteroatoms. The summed E-state index contributed by atoms with van der Waals surface area (Å²) in [4.78, 5) is 11.8. The second-order valence-corrected chi connectivity index (χ2v) is 5.48. The Hall–Kier alpha value is -3.67. The molecule has 0 saturated carbocycles. The molecule has 0 radical (unpaired) electrons. The van der Waals surface area contributed by atoms with Crippen molar-refractivity contribution in [1.82, 2.24) is 10.2 Å². The molecule has 0 saturated heterocycles. The third-order valence-electron chi connectivity index (χ3n) is 3.49. The highest BCUT2D eigenvalue weighted by Crippen LogP contribution is 2.17. The highest BCUT2D eigenvalue weighted by molar-refractivity contribution is 5.87. The maximum absolute atomic E-state index is 11.8. The van der Waals surface area contributed by atoms with Crippen molar-refractivity contribution in [3.8, 4) is 17.2 Å². The molecule has 0 fully saturated rings. The Morgan fingerprint density at radius 3 is 2.59 bits per heavy atom. The second-order valence-electron chi connectivity index (χ2n) is 5.48. The van der Waals surface area contributed by atoms with Gasteiger partial charge in [-0.05, 0) is 35.9 Å². The molecule has 0 N–H and O–H groups in total. The molecule has 0 bridgehead atoms. The van der Waals surface area contributed by atoms with Gasteiger partial charge >= 0.3 is 5.97 Å². The lowest BCUT2D eigenvalue weighted by molar-refractivity contribution is -0.139. The van der Waals surface area contributed by atoms with Crippen molar-refractivity contribution < 1.29 is 18.7 Å². The summed E-state index contributed by atoms with van der Waals surface area (Å²) in [5, 5.41) is 7.82. The Balaban J connectivity index is 1.50. The summed E-state index contributed by atoms with van der Waals surface area (Å²) in [5.74, 6) is 0.858. The Kier molecular flexibility index (Phi) is 6.14. The van der Waals surface area contributed by atoms with E-state index in [0.717, 1.165) is 16.9 Å². The molecule has 136 valence electrons. The molecule has 1 aromatic heterocycles. The molecular weight excluding hydrogens is 344 g/mol. The summed E-state index contributed by atoms with van der Waals surface area (Å²) >= 11 is 0. The van der Waals surface area contributed by atoms with E-state index >= 15 is 0 Å². The lowest BCUT2D eigenvalue weighted by atomic mass is 10.2. The molecule has 0 aliphatic rings. The number of ether oxygens (including phenoxy) is 2. The minimum absolute atomic E-state index is 0.0860. The zero-order valence-electron chi connectivity index (χ0n) is 14.6. The quantitative estimate of drug-likeness (QED) is 0.342. The lowest BCUT2D eigenvalue weighted by Crippen LogP contribution is -2.00. The van der Waals surface area contributed by atoms with Crippen LogP contribution in [0.15, 0.2) is 77.7 Å². The molecule has 27 heavy (non-hydrogen) atoms. The summed E-state index contributed by atoms with van der Waals surface area (Å²) in [7, 11) is 0. The predicted octanol–water partition coefficient (Wildman–Crippen LogP) is 4.06. The third kappa shape index (κ3) is 5.40. The van der Waals surface area contributed by atoms with E-state index in [2.05, 4.69) is 16.8 Å². The number of hydrogen-bond acceptors (Lipinski definition) is 6. The molecule has 3 rings (SSSR count). The Morgan fingerprint density at radius 2 is 1.85 bits per heavy atom. The normalized spacial score (nSPS) is 10.7. The lowest BCUT2D eigenvalue weighted by Gasteiger charge is -2.02. The molecule has 0 aliphatic carbocycles. The minimum Gasteiger partial charge on any atom is -0.490 e. The Bertz CT molecular complexity index is 915. The topological polar surface area (TPSA) is 74.5 Å². The SMILES string of the molecule is C=CCOc1ccc(/C=C/C(=O)OCc2nnc(-c3ccccc3)o2)cc1. The van der Waals surface area contributed by atoms with E-state index in [1.807, 2.05) is 54.6 Å². The maximum atomic E-state index is 11.8. The van der Waals surface area contributed by atoms with Gasteiger partial charge in [0.2, 0.25) is 5.89 Å². The first-order valence-corrected chi connectivity index (χ1v) is 8.31. The molecule has 2 aromatic carbocycles. The fraction of sp³-hybridized carbons (Fsp3) is 0.0952. The van der Waals surface area contributed by atoms with Crippen molar-refractivity contribution in [2.45, 2.75) is 6.61 Å². The van der Waals surface area contributed by atoms with Gasteiger partial charge in [0.05, 0.1) is 0 Å². The van der Waals surface area contributed by atoms with Crippen LogP contribution >= 0.6 is 0 Å². The van der Waals surface area contributed by atoms with Crippen LogP contribution in [0.25, 0.3) is 17.5 Å². The van der Waals surface area contributed by atoms with Gasteiger partial charge in [0.1, 0.15) is 12.4 Å². The average Bonchev–Trinajstić information content (AvgIpc) is 3.20. The van der Waals surface area contributed by atoms with Crippen LogP contribution in [0.3, 0.4) is 0 Å². The number of esters is 1. The highest BCUT2D eigenvalue weighted by atomic mass is 16.5. The molecule has 3 aromatic rings. The minimum atomic E-state index is -0.499. The zero-order chi connectivity index (χ0) is 18.9. The zero-order valence-corrected chi connectivity index (χ0v) is 14.6. The van der Waals surface area contributed by atoms with Crippen LogP contribution in [-0.2, 0) is 16.1 Å². The van der Waals surface area contributed by atoms with E-state index in [1.54, 1.807) is 12.2 Å². The van der Waals surface area contributed by atoms with Gasteiger partial charge < -0.3 is 13.9 Å². The summed E-state index contributed by atoms with van der Waals surface area (Å²) < 4.78 is 16.0. The van der Waals surface area contributed by atoms with E-state index in [1.165, 1.54) is 6.08 Å². The van der Waals surface area contributed by atoms with Crippen LogP contribution < -0.4 is 4.74 Å². The first-order valence-electron chi connectivity index (χ1n) is 8.31. The summed E-state index contributed by atoms with van der Waals surface area (Å²) in [5.41, 5.74) is 1.66. The largest absolute Gasteiger partial charge is 0.490 e. The van der Waals surface area contributed by atoms with Gasteiger partial charge in [-0.2, -0.15) is 0 Å². The maximum Gasteiger partial charge on any atom is 0.331 e. The fourth-order valence-corrected chi connectivity index (χ4v) is 2.18. The van der Waals surface area contributed by atoms with Crippen molar-refractivity contribution in [2.75, 3.05) is 6.61 Å². The van der Waals surface area contributed by atoms with Crippen LogP contribution in [0.5, 0.6) is 5.75 Å². The summed E-state index contributed by atoms with van der Waals surface area (Å²) in [6.45, 7) is 3.96. The number of carbonyl (C=O) groups excluding carboxylic acids is 1. The van der Waals surface area contributed by atoms with Gasteiger partial charge in [0, 0.05) is 11.6 Å². The van der Waals surface area contributed by atoms with Gasteiger partial charge in [0.15, 0.2) is 6.61 Å². The van der Waals surface area contributed by atoms with Gasteiger partial charge in [-0.15, -0.1) is 10.2 Å². The van der Waals surface area contributed by atoms with Crippen LogP contribution in [-0.4, -0.2) is 22.8 Å². The van der Waals surface area contributed by atoms with Crippen LogP contribution in [0.2, 0.25) is 0 Å². The van der Waals surface area contributed by atoms with E-state index in [4.69, 9.17) is 13.9 Å². The van der Waals surface area contributed by atoms with Crippen molar-refractivity contribution >= 4 is 12.0 Å². The predicted molar refractivity (Wildman–Crippen MR) is 101 cm³/mol. The molecule has 0 spiro atoms. The van der Waals surface area contributed by atoms with Gasteiger partial charge in [-0.1, -0.05) is 43.0 Å². The molecule has 1 heterocycles. The number of carbonyl (C=O) groups is 1. The van der Waals surface area contributed by atoms with Crippen LogP contribution in [0.4, 0.5) is 0 Å². The molecule has 0 aliphatic heterocycles. The van der Waals surface area contributed by atoms with Crippen LogP contribution in [0, 0.1) is 0 Å². The number of rotatable bonds is 8. The van der Waals surface area contributed by atoms with Crippen LogP contribution in [0.1, 0.15) is 11.5 Å². The van der Waals surface area contributed by atoms with Crippen molar-refractivity contribution in [3.63, 3.8) is 0 Å². The van der Waals surface area contributed by atoms with Gasteiger partial charge in [-0.25, -0.2) is 4.79 Å². The number of nitrogens with zero attached hydrogens (tertiary/aromatic N) is 2. The molecule has 0 amide bonds. The number of benzene rings is 2. The number of hydrogen-bond donors (Lipinski definition) is 0. The molecule has 6 nitrogen and oxygen atoms in total. The standard InChI is InChI=1S/C21H18N2O4/c1-2-14-25-18-11-8-16(9-12-18)10-13-20(24)26-15-19-22-23-21(27-19)17-6-4-3-5-7-17/h2-13H,1,14-15H2/b13-10+. The summed E-state index contributed by atoms with van der Waals surface area (Å²) in [6.07, 6.45) is 4.67. The second kappa shape index (κ2) is 9.15. The molecule has 0 atom stereocenters. The van der Waals surface area contributed by atoms with Crippen molar-refractivity contribution in [3.05, 3.63) is 84.8 Å². The molecule has 0 unspecified atom stereocenters. The third-order valence-corrected chi connectivity index (χ3v) is 3.49. The monoisotopic (exact) mass is 362 g/mol. The van der Waals surface area contributed by atoms with Gasteiger partial charge in [-0.3, -0.25) is 0 Å². The molecular formula is C21H18N2O4. The van der Waals surface area contributed by atoms with E-state index in [0.29, 0.717) is 12.5 Å². The Morgan fingerprint density at radius 1 is 1.07 bits per heavy atom. The van der Waals surface area contributed by atoms with E-state index in [-0.39, 0.29) is 12.5 Å². The average molecular weight is 362 g/mol. The van der Waals surface area contributed by atoms with E-state index < -0.39 is 5.97 Å². The van der Waals surface area contributed by atoms with Crippen molar-refractivity contribution in [2.24, 2.45) is 0 Å². The highest BCUT2D eigenvalue weighted by Gasteiger charge is 2.09. The fourth-order valence-electron chi connectivity index (χ4n) is 2.18. The van der Waals surface area contributed by atoms with Crippen molar-refractivity contribution in [1.29, 1.82) is 0 Å². The summed E-state index contributed by atoms with van der Waals surface area (Å²) in [6, 6.07) is 16.7. The number of aromatic nitrogens is 2. The Labute approximate surface area is 156 Å². The first-order chi connectivity index (χ1) is 13.2.